The van der Waals surface area contributed by atoms with Crippen LogP contribution in [-0.4, -0.2) is 119 Å². The molecule has 20 heteroatoms. The van der Waals surface area contributed by atoms with Gasteiger partial charge in [0.25, 0.3) is 0 Å². The van der Waals surface area contributed by atoms with Crippen LogP contribution >= 0.6 is 0 Å². The van der Waals surface area contributed by atoms with Crippen molar-refractivity contribution in [3.8, 4) is 0 Å². The summed E-state index contributed by atoms with van der Waals surface area (Å²) in [5, 5.41) is 28.6. The predicted octanol–water partition coefficient (Wildman–Crippen LogP) is -3.41. The Balaban J connectivity index is 5.35. The lowest BCUT2D eigenvalue weighted by atomic mass is 10.0. The molecule has 0 unspecified atom stereocenters. The van der Waals surface area contributed by atoms with Crippen molar-refractivity contribution < 1.29 is 48.3 Å². The monoisotopic (exact) mass is 756 g/mol. The van der Waals surface area contributed by atoms with Gasteiger partial charge in [-0.05, 0) is 86.6 Å². The number of amides is 8. The lowest BCUT2D eigenvalue weighted by Crippen LogP contribution is -2.59. The summed E-state index contributed by atoms with van der Waals surface area (Å²) in [6, 6.07) is -9.83. The lowest BCUT2D eigenvalue weighted by Gasteiger charge is -2.25. The van der Waals surface area contributed by atoms with Crippen LogP contribution in [0.2, 0.25) is 0 Å². The molecule has 0 heterocycles. The maximum absolute atomic E-state index is 13.3. The summed E-state index contributed by atoms with van der Waals surface area (Å²) in [4.78, 5) is 113. The second-order valence-corrected chi connectivity index (χ2v) is 13.5. The van der Waals surface area contributed by atoms with E-state index in [-0.39, 0.29) is 18.8 Å². The fourth-order valence-corrected chi connectivity index (χ4v) is 4.44. The van der Waals surface area contributed by atoms with Gasteiger partial charge in [0.1, 0.15) is 48.3 Å². The van der Waals surface area contributed by atoms with Gasteiger partial charge in [-0.3, -0.25) is 43.2 Å². The van der Waals surface area contributed by atoms with E-state index in [1.807, 2.05) is 13.8 Å². The Morgan fingerprint density at radius 3 is 1.11 bits per heavy atom. The van der Waals surface area contributed by atoms with Crippen molar-refractivity contribution in [2.24, 2.45) is 17.4 Å². The molecule has 0 spiro atoms. The van der Waals surface area contributed by atoms with Crippen molar-refractivity contribution in [3.63, 3.8) is 0 Å². The number of carboxylic acid groups (broad SMARTS) is 1. The molecular weight excluding hydrogens is 696 g/mol. The molecule has 0 radical (unpaired) electrons. The number of aliphatic carboxylic acids is 1. The molecule has 0 aromatic rings. The van der Waals surface area contributed by atoms with Crippen LogP contribution in [0.3, 0.4) is 0 Å². The number of unbranched alkanes of at least 4 members (excludes halogenated alkanes) is 1. The summed E-state index contributed by atoms with van der Waals surface area (Å²) in [5.41, 5.74) is 11.2. The van der Waals surface area contributed by atoms with Crippen LogP contribution in [0.15, 0.2) is 0 Å². The highest BCUT2D eigenvalue weighted by Gasteiger charge is 2.30. The van der Waals surface area contributed by atoms with Gasteiger partial charge in [-0.25, -0.2) is 0 Å². The summed E-state index contributed by atoms with van der Waals surface area (Å²) in [7, 11) is 0. The van der Waals surface area contributed by atoms with Crippen LogP contribution in [0.4, 0.5) is 0 Å². The van der Waals surface area contributed by atoms with E-state index in [2.05, 4.69) is 42.5 Å². The topological polar surface area (TPSA) is 322 Å². The van der Waals surface area contributed by atoms with Crippen molar-refractivity contribution in [2.45, 2.75) is 142 Å². The number of nitrogens with one attached hydrogen (secondary N) is 8. The molecule has 13 N–H and O–H groups in total. The number of carbonyl (C=O) groups is 9. The number of carbonyl (C=O) groups excluding carboxylic acids is 8. The van der Waals surface area contributed by atoms with E-state index in [1.165, 1.54) is 48.5 Å². The van der Waals surface area contributed by atoms with Crippen molar-refractivity contribution in [2.75, 3.05) is 6.54 Å². The highest BCUT2D eigenvalue weighted by atomic mass is 16.4. The molecule has 0 rings (SSSR count). The standard InChI is InChI=1S/C33H60N10O10/c1-15(2)14-24(43-25(44)16(3)35)32(51)40-21(8)30(49)42-23(12-10-11-13-34)31(50)39-20(7)28(47)37-18(5)26(45)36-17(4)27(46)38-19(6)29(48)41-22(9)33(52)53/h15-24H,10-14,34-35H2,1-9H3,(H,36,45)(H,37,47)(H,38,46)(H,39,50)(H,40,51)(H,41,48)(H,42,49)(H,43,44)(H,52,53)/t16-,17-,18-,19-,20-,21-,22-,23-,24-/m0/s1. The molecular formula is C33H60N10O10. The zero-order valence-electron chi connectivity index (χ0n) is 32.1. The normalized spacial score (nSPS) is 16.1. The predicted molar refractivity (Wildman–Crippen MR) is 193 cm³/mol. The molecule has 53 heavy (non-hydrogen) atoms. The van der Waals surface area contributed by atoms with E-state index in [4.69, 9.17) is 16.6 Å². The molecule has 0 aromatic heterocycles. The maximum atomic E-state index is 13.3. The van der Waals surface area contributed by atoms with Gasteiger partial charge in [0.15, 0.2) is 0 Å². The SMILES string of the molecule is CC(C)C[C@H](NC(=O)[C@H](C)N)C(=O)N[C@@H](C)C(=O)N[C@@H](CCCCN)C(=O)N[C@@H](C)C(=O)N[C@@H](C)C(=O)N[C@@H](C)C(=O)N[C@@H](C)C(=O)N[C@@H](C)C(=O)O. The number of nitrogens with two attached hydrogens (primary N) is 2. The summed E-state index contributed by atoms with van der Waals surface area (Å²) < 4.78 is 0. The first kappa shape index (κ1) is 48.1. The van der Waals surface area contributed by atoms with Crippen LogP contribution in [0.25, 0.3) is 0 Å². The Morgan fingerprint density at radius 1 is 0.453 bits per heavy atom. The second kappa shape index (κ2) is 23.7. The van der Waals surface area contributed by atoms with Gasteiger partial charge >= 0.3 is 5.97 Å². The smallest absolute Gasteiger partial charge is 0.325 e. The van der Waals surface area contributed by atoms with Crippen molar-refractivity contribution in [3.05, 3.63) is 0 Å². The van der Waals surface area contributed by atoms with Gasteiger partial charge < -0.3 is 59.1 Å². The number of hydrogen-bond acceptors (Lipinski definition) is 11. The molecule has 0 saturated heterocycles. The molecule has 0 saturated carbocycles. The largest absolute Gasteiger partial charge is 0.480 e. The lowest BCUT2D eigenvalue weighted by molar-refractivity contribution is -0.141. The van der Waals surface area contributed by atoms with Crippen LogP contribution in [0.5, 0.6) is 0 Å². The van der Waals surface area contributed by atoms with Crippen molar-refractivity contribution in [1.29, 1.82) is 0 Å². The van der Waals surface area contributed by atoms with Crippen molar-refractivity contribution in [1.82, 2.24) is 42.5 Å². The minimum atomic E-state index is -1.26. The Labute approximate surface area is 310 Å². The number of hydrogen-bond donors (Lipinski definition) is 11. The minimum Gasteiger partial charge on any atom is -0.480 e. The summed E-state index contributed by atoms with van der Waals surface area (Å²) >= 11 is 0. The van der Waals surface area contributed by atoms with Crippen molar-refractivity contribution >= 4 is 53.2 Å². The summed E-state index contributed by atoms with van der Waals surface area (Å²) in [6.07, 6.45) is 1.43. The fourth-order valence-electron chi connectivity index (χ4n) is 4.44. The third-order valence-corrected chi connectivity index (χ3v) is 7.82. The molecule has 0 bridgehead atoms. The zero-order valence-corrected chi connectivity index (χ0v) is 32.1. The molecule has 9 atom stereocenters. The first-order valence-electron chi connectivity index (χ1n) is 17.6. The molecule has 0 aliphatic heterocycles. The first-order valence-corrected chi connectivity index (χ1v) is 17.6. The second-order valence-electron chi connectivity index (χ2n) is 13.5. The Kier molecular flexibility index (Phi) is 21.5. The van der Waals surface area contributed by atoms with Crippen LogP contribution < -0.4 is 54.0 Å². The van der Waals surface area contributed by atoms with Crippen LogP contribution in [0.1, 0.15) is 88.0 Å². The average molecular weight is 757 g/mol. The Hall–Kier alpha value is -4.85. The Bertz CT molecular complexity index is 1310. The van der Waals surface area contributed by atoms with Gasteiger partial charge in [0.2, 0.25) is 47.3 Å². The van der Waals surface area contributed by atoms with E-state index in [1.54, 1.807) is 0 Å². The molecule has 302 valence electrons. The number of carboxylic acids is 1. The van der Waals surface area contributed by atoms with Crippen LogP contribution in [-0.2, 0) is 43.2 Å². The minimum absolute atomic E-state index is 0.0266. The van der Waals surface area contributed by atoms with E-state index >= 15 is 0 Å². The van der Waals surface area contributed by atoms with Gasteiger partial charge in [-0.1, -0.05) is 13.8 Å². The first-order chi connectivity index (χ1) is 24.5. The zero-order chi connectivity index (χ0) is 41.2. The third-order valence-electron chi connectivity index (χ3n) is 7.82. The summed E-state index contributed by atoms with van der Waals surface area (Å²) in [5.74, 6) is -6.79. The molecule has 0 aliphatic carbocycles. The van der Waals surface area contributed by atoms with E-state index in [0.29, 0.717) is 19.4 Å². The highest BCUT2D eigenvalue weighted by Crippen LogP contribution is 2.07. The van der Waals surface area contributed by atoms with Gasteiger partial charge in [-0.2, -0.15) is 0 Å². The van der Waals surface area contributed by atoms with E-state index in [9.17, 15) is 43.2 Å². The molecule has 8 amide bonds. The highest BCUT2D eigenvalue weighted by molar-refractivity contribution is 5.97. The third kappa shape index (κ3) is 18.5. The molecule has 0 fully saturated rings. The average Bonchev–Trinajstić information content (AvgIpc) is 3.06. The fraction of sp³-hybridized carbons (Fsp3) is 0.727. The van der Waals surface area contributed by atoms with E-state index < -0.39 is 108 Å². The quantitative estimate of drug-likeness (QED) is 0.0455. The summed E-state index contributed by atoms with van der Waals surface area (Å²) in [6.45, 7) is 13.6. The number of rotatable bonds is 23. The molecule has 0 aromatic carbocycles. The van der Waals surface area contributed by atoms with Gasteiger partial charge in [0.05, 0.1) is 6.04 Å². The molecule has 20 nitrogen and oxygen atoms in total. The van der Waals surface area contributed by atoms with E-state index in [0.717, 1.165) is 0 Å². The molecule has 0 aliphatic rings. The van der Waals surface area contributed by atoms with Gasteiger partial charge in [-0.15, -0.1) is 0 Å². The Morgan fingerprint density at radius 2 is 0.774 bits per heavy atom. The maximum Gasteiger partial charge on any atom is 0.325 e. The van der Waals surface area contributed by atoms with Crippen LogP contribution in [0, 0.1) is 5.92 Å². The van der Waals surface area contributed by atoms with Gasteiger partial charge in [0, 0.05) is 0 Å².